The van der Waals surface area contributed by atoms with E-state index in [-0.39, 0.29) is 6.10 Å². The predicted octanol–water partition coefficient (Wildman–Crippen LogP) is 1.31. The molecular formula is C11H15NO2. The number of hydrogen-bond donors (Lipinski definition) is 1. The molecule has 76 valence electrons. The van der Waals surface area contributed by atoms with Crippen molar-refractivity contribution in [3.63, 3.8) is 0 Å². The molecule has 0 amide bonds. The standard InChI is InChI=1S/C11H15NO2/c12-7-9-1-3-10(4-2-9)14-11-5-6-13-8-11/h1-4,11H,5-8,12H2. The van der Waals surface area contributed by atoms with Gasteiger partial charge in [0.1, 0.15) is 11.9 Å². The maximum atomic E-state index is 5.71. The molecular weight excluding hydrogens is 178 g/mol. The van der Waals surface area contributed by atoms with Crippen molar-refractivity contribution in [3.05, 3.63) is 29.8 Å². The van der Waals surface area contributed by atoms with Gasteiger partial charge in [-0.15, -0.1) is 0 Å². The van der Waals surface area contributed by atoms with Crippen LogP contribution in [0.4, 0.5) is 0 Å². The van der Waals surface area contributed by atoms with Crippen LogP contribution in [0.15, 0.2) is 24.3 Å². The number of rotatable bonds is 3. The van der Waals surface area contributed by atoms with Crippen molar-refractivity contribution in [2.24, 2.45) is 5.73 Å². The lowest BCUT2D eigenvalue weighted by atomic mass is 10.2. The first-order valence-electron chi connectivity index (χ1n) is 4.92. The molecule has 1 unspecified atom stereocenters. The number of nitrogens with two attached hydrogens (primary N) is 1. The van der Waals surface area contributed by atoms with Gasteiger partial charge in [0, 0.05) is 13.0 Å². The molecule has 1 saturated heterocycles. The Morgan fingerprint density at radius 1 is 1.36 bits per heavy atom. The van der Waals surface area contributed by atoms with Crippen LogP contribution < -0.4 is 10.5 Å². The number of hydrogen-bond acceptors (Lipinski definition) is 3. The molecule has 2 rings (SSSR count). The molecule has 2 N–H and O–H groups in total. The molecule has 0 aliphatic carbocycles. The molecule has 0 bridgehead atoms. The van der Waals surface area contributed by atoms with Crippen LogP contribution in [0.3, 0.4) is 0 Å². The quantitative estimate of drug-likeness (QED) is 0.787. The molecule has 1 aliphatic heterocycles. The molecule has 14 heavy (non-hydrogen) atoms. The van der Waals surface area contributed by atoms with Gasteiger partial charge in [0.2, 0.25) is 0 Å². The third kappa shape index (κ3) is 2.25. The summed E-state index contributed by atoms with van der Waals surface area (Å²) in [6.07, 6.45) is 1.21. The topological polar surface area (TPSA) is 44.5 Å². The maximum Gasteiger partial charge on any atom is 0.124 e. The lowest BCUT2D eigenvalue weighted by Crippen LogP contribution is -2.15. The summed E-state index contributed by atoms with van der Waals surface area (Å²) in [6, 6.07) is 7.90. The molecule has 3 heteroatoms. The van der Waals surface area contributed by atoms with Gasteiger partial charge in [-0.05, 0) is 17.7 Å². The fourth-order valence-corrected chi connectivity index (χ4v) is 1.50. The van der Waals surface area contributed by atoms with Gasteiger partial charge in [-0.1, -0.05) is 12.1 Å². The minimum Gasteiger partial charge on any atom is -0.488 e. The zero-order valence-corrected chi connectivity index (χ0v) is 8.11. The Bertz CT molecular complexity index is 278. The summed E-state index contributed by atoms with van der Waals surface area (Å²) < 4.78 is 10.9. The summed E-state index contributed by atoms with van der Waals surface area (Å²) in [7, 11) is 0. The third-order valence-electron chi connectivity index (χ3n) is 2.35. The van der Waals surface area contributed by atoms with Crippen molar-refractivity contribution in [2.45, 2.75) is 19.1 Å². The molecule has 1 aromatic carbocycles. The summed E-state index contributed by atoms with van der Waals surface area (Å²) in [5.41, 5.74) is 6.63. The fourth-order valence-electron chi connectivity index (χ4n) is 1.50. The van der Waals surface area contributed by atoms with Crippen LogP contribution >= 0.6 is 0 Å². The average Bonchev–Trinajstić information content (AvgIpc) is 2.72. The van der Waals surface area contributed by atoms with E-state index in [1.54, 1.807) is 0 Å². The van der Waals surface area contributed by atoms with E-state index in [1.165, 1.54) is 0 Å². The molecule has 1 heterocycles. The van der Waals surface area contributed by atoms with E-state index in [2.05, 4.69) is 0 Å². The van der Waals surface area contributed by atoms with Crippen molar-refractivity contribution in [1.82, 2.24) is 0 Å². The van der Waals surface area contributed by atoms with Crippen LogP contribution in [0.25, 0.3) is 0 Å². The molecule has 0 radical (unpaired) electrons. The van der Waals surface area contributed by atoms with Gasteiger partial charge in [0.15, 0.2) is 0 Å². The largest absolute Gasteiger partial charge is 0.488 e. The molecule has 1 atom stereocenters. The zero-order valence-electron chi connectivity index (χ0n) is 8.11. The highest BCUT2D eigenvalue weighted by Gasteiger charge is 2.16. The molecule has 0 spiro atoms. The SMILES string of the molecule is NCc1ccc(OC2CCOC2)cc1. The number of ether oxygens (including phenoxy) is 2. The fraction of sp³-hybridized carbons (Fsp3) is 0.455. The third-order valence-corrected chi connectivity index (χ3v) is 2.35. The van der Waals surface area contributed by atoms with Crippen molar-refractivity contribution < 1.29 is 9.47 Å². The summed E-state index contributed by atoms with van der Waals surface area (Å²) in [6.45, 7) is 2.09. The Morgan fingerprint density at radius 3 is 2.71 bits per heavy atom. The van der Waals surface area contributed by atoms with E-state index in [0.29, 0.717) is 13.2 Å². The van der Waals surface area contributed by atoms with Crippen molar-refractivity contribution in [2.75, 3.05) is 13.2 Å². The van der Waals surface area contributed by atoms with Crippen LogP contribution in [0, 0.1) is 0 Å². The van der Waals surface area contributed by atoms with Crippen LogP contribution in [-0.4, -0.2) is 19.3 Å². The van der Waals surface area contributed by atoms with Gasteiger partial charge in [0.05, 0.1) is 13.2 Å². The summed E-state index contributed by atoms with van der Waals surface area (Å²) in [5.74, 6) is 0.901. The van der Waals surface area contributed by atoms with Crippen molar-refractivity contribution in [1.29, 1.82) is 0 Å². The van der Waals surface area contributed by atoms with E-state index in [4.69, 9.17) is 15.2 Å². The van der Waals surface area contributed by atoms with Crippen LogP contribution in [0.1, 0.15) is 12.0 Å². The van der Waals surface area contributed by atoms with E-state index in [1.807, 2.05) is 24.3 Å². The zero-order chi connectivity index (χ0) is 9.80. The van der Waals surface area contributed by atoms with Gasteiger partial charge in [0.25, 0.3) is 0 Å². The summed E-state index contributed by atoms with van der Waals surface area (Å²) in [5, 5.41) is 0. The summed E-state index contributed by atoms with van der Waals surface area (Å²) in [4.78, 5) is 0. The predicted molar refractivity (Wildman–Crippen MR) is 54.2 cm³/mol. The molecule has 3 nitrogen and oxygen atoms in total. The first-order valence-corrected chi connectivity index (χ1v) is 4.92. The summed E-state index contributed by atoms with van der Waals surface area (Å²) >= 11 is 0. The molecule has 1 fully saturated rings. The second kappa shape index (κ2) is 4.44. The first-order chi connectivity index (χ1) is 6.88. The monoisotopic (exact) mass is 193 g/mol. The minimum atomic E-state index is 0.221. The van der Waals surface area contributed by atoms with Gasteiger partial charge >= 0.3 is 0 Å². The van der Waals surface area contributed by atoms with E-state index in [0.717, 1.165) is 24.3 Å². The Kier molecular flexibility index (Phi) is 3.01. The minimum absolute atomic E-state index is 0.221. The lowest BCUT2D eigenvalue weighted by molar-refractivity contribution is 0.141. The second-order valence-corrected chi connectivity index (χ2v) is 3.45. The lowest BCUT2D eigenvalue weighted by Gasteiger charge is -2.11. The van der Waals surface area contributed by atoms with Gasteiger partial charge in [-0.25, -0.2) is 0 Å². The van der Waals surface area contributed by atoms with Crippen LogP contribution in [-0.2, 0) is 11.3 Å². The van der Waals surface area contributed by atoms with Crippen LogP contribution in [0.2, 0.25) is 0 Å². The van der Waals surface area contributed by atoms with Crippen LogP contribution in [0.5, 0.6) is 5.75 Å². The second-order valence-electron chi connectivity index (χ2n) is 3.45. The highest BCUT2D eigenvalue weighted by molar-refractivity contribution is 5.27. The van der Waals surface area contributed by atoms with E-state index >= 15 is 0 Å². The normalized spacial score (nSPS) is 21.1. The smallest absolute Gasteiger partial charge is 0.124 e. The van der Waals surface area contributed by atoms with Gasteiger partial charge in [-0.2, -0.15) is 0 Å². The number of benzene rings is 1. The Balaban J connectivity index is 1.95. The van der Waals surface area contributed by atoms with E-state index < -0.39 is 0 Å². The first kappa shape index (κ1) is 9.49. The van der Waals surface area contributed by atoms with E-state index in [9.17, 15) is 0 Å². The highest BCUT2D eigenvalue weighted by Crippen LogP contribution is 2.17. The van der Waals surface area contributed by atoms with Crippen molar-refractivity contribution in [3.8, 4) is 5.75 Å². The van der Waals surface area contributed by atoms with Gasteiger partial charge < -0.3 is 15.2 Å². The van der Waals surface area contributed by atoms with Crippen molar-refractivity contribution >= 4 is 0 Å². The van der Waals surface area contributed by atoms with Gasteiger partial charge in [-0.3, -0.25) is 0 Å². The Labute approximate surface area is 83.8 Å². The molecule has 1 aromatic rings. The maximum absolute atomic E-state index is 5.71. The molecule has 0 saturated carbocycles. The highest BCUT2D eigenvalue weighted by atomic mass is 16.5. The Morgan fingerprint density at radius 2 is 2.14 bits per heavy atom. The Hall–Kier alpha value is -1.06. The molecule has 0 aromatic heterocycles. The average molecular weight is 193 g/mol. The molecule has 1 aliphatic rings.